The average molecular weight is 613 g/mol. The number of esters is 1. The smallest absolute Gasteiger partial charge is 0.306 e. The second kappa shape index (κ2) is 35.3. The van der Waals surface area contributed by atoms with Crippen LogP contribution in [0, 0.1) is 82.7 Å². The Labute approximate surface area is 274 Å². The van der Waals surface area contributed by atoms with E-state index in [0.717, 1.165) is 24.6 Å². The van der Waals surface area contributed by atoms with Crippen molar-refractivity contribution < 1.29 is 45.0 Å². The van der Waals surface area contributed by atoms with E-state index in [0.29, 0.717) is 6.42 Å². The first-order valence-corrected chi connectivity index (χ1v) is 14.9. The molecule has 0 aliphatic heterocycles. The Hall–Kier alpha value is -3.71. The molecule has 0 aliphatic rings. The largest absolute Gasteiger partial charge is 0.457 e. The Bertz CT molecular complexity index is 1200. The van der Waals surface area contributed by atoms with Crippen LogP contribution in [0.25, 0.3) is 0 Å². The molecule has 6 nitrogen and oxygen atoms in total. The lowest BCUT2D eigenvalue weighted by molar-refractivity contribution is -0.157. The van der Waals surface area contributed by atoms with E-state index in [9.17, 15) is 9.59 Å². The van der Waals surface area contributed by atoms with Gasteiger partial charge in [0.05, 0.1) is 13.2 Å². The molecule has 0 amide bonds. The summed E-state index contributed by atoms with van der Waals surface area (Å²) in [6.45, 7) is 2.97. The topological polar surface area (TPSA) is 93.1 Å². The van der Waals surface area contributed by atoms with Gasteiger partial charge in [0.25, 0.3) is 0 Å². The van der Waals surface area contributed by atoms with Gasteiger partial charge in [-0.05, 0) is 82.7 Å². The van der Waals surface area contributed by atoms with Crippen LogP contribution in [0.2, 0.25) is 0 Å². The highest BCUT2D eigenvalue weighted by atomic mass is 32.2. The van der Waals surface area contributed by atoms with E-state index in [4.69, 9.17) is 26.1 Å². The second-order valence-electron chi connectivity index (χ2n) is 8.65. The number of aliphatic hydroxyl groups is 2. The van der Waals surface area contributed by atoms with Gasteiger partial charge in [0, 0.05) is 40.8 Å². The van der Waals surface area contributed by atoms with E-state index >= 15 is 0 Å². The highest BCUT2D eigenvalue weighted by molar-refractivity contribution is 8.17. The Morgan fingerprint density at radius 2 is 1.19 bits per heavy atom. The molecule has 0 bridgehead atoms. The molecule has 0 rings (SSSR count). The number of hydrogen-bond donors (Lipinski definition) is 2. The van der Waals surface area contributed by atoms with E-state index in [1.54, 1.807) is 0 Å². The number of hydrogen-bond acceptors (Lipinski definition) is 7. The van der Waals surface area contributed by atoms with Crippen LogP contribution in [-0.4, -0.2) is 47.4 Å². The van der Waals surface area contributed by atoms with E-state index in [2.05, 4.69) is 83.2 Å². The molecule has 2 N–H and O–H groups in total. The molecule has 0 unspecified atom stereocenters. The third kappa shape index (κ3) is 36.3. The third-order valence-electron chi connectivity index (χ3n) is 5.07. The zero-order chi connectivity index (χ0) is 31.4. The SMILES string of the molecule is C#CC#CC#CC#CC#CC#CC#CSC(C)=O.CCCCCCCCCCCCCCC(=O)O[C@H](CO)COCO.[HH].[HH].[HH].[HH].[HH].[HH].[HH].[HH].[HH].[HH].[HH]. The first kappa shape index (κ1) is 40.4. The highest BCUT2D eigenvalue weighted by Crippen LogP contribution is 2.12. The molecular formula is C35H64O6S. The zero-order valence-electron chi connectivity index (χ0n) is 24.9. The van der Waals surface area contributed by atoms with Gasteiger partial charge in [0.2, 0.25) is 0 Å². The summed E-state index contributed by atoms with van der Waals surface area (Å²) in [4.78, 5) is 22.1. The van der Waals surface area contributed by atoms with Crippen molar-refractivity contribution in [2.45, 2.75) is 103 Å². The van der Waals surface area contributed by atoms with Gasteiger partial charge < -0.3 is 19.7 Å². The van der Waals surface area contributed by atoms with Crippen LogP contribution in [0.1, 0.15) is 113 Å². The fraction of sp³-hybridized carbons (Fsp3) is 0.543. The zero-order valence-corrected chi connectivity index (χ0v) is 25.7. The van der Waals surface area contributed by atoms with Crippen molar-refractivity contribution in [3.8, 4) is 82.7 Å². The summed E-state index contributed by atoms with van der Waals surface area (Å²) in [5, 5.41) is 20.0. The minimum Gasteiger partial charge on any atom is -0.457 e. The first-order valence-electron chi connectivity index (χ1n) is 14.1. The summed E-state index contributed by atoms with van der Waals surface area (Å²) in [6, 6.07) is 0. The minimum absolute atomic E-state index is 0. The predicted molar refractivity (Wildman–Crippen MR) is 193 cm³/mol. The van der Waals surface area contributed by atoms with Crippen LogP contribution >= 0.6 is 11.8 Å². The number of carbonyl (C=O) groups is 2. The predicted octanol–water partition coefficient (Wildman–Crippen LogP) is 7.53. The van der Waals surface area contributed by atoms with Gasteiger partial charge in [0.15, 0.2) is 5.12 Å². The summed E-state index contributed by atoms with van der Waals surface area (Å²) in [6.07, 6.45) is 19.7. The lowest BCUT2D eigenvalue weighted by atomic mass is 10.0. The molecule has 0 saturated carbocycles. The molecule has 0 aromatic rings. The van der Waals surface area contributed by atoms with Crippen LogP contribution in [-0.2, 0) is 19.1 Å². The summed E-state index contributed by atoms with van der Waals surface area (Å²) >= 11 is 0.889. The first-order chi connectivity index (χ1) is 20.5. The van der Waals surface area contributed by atoms with Crippen LogP contribution in [0.3, 0.4) is 0 Å². The molecule has 0 heterocycles. The van der Waals surface area contributed by atoms with Crippen LogP contribution in [0.4, 0.5) is 0 Å². The molecule has 0 aromatic carbocycles. The Kier molecular flexibility index (Phi) is 34.0. The summed E-state index contributed by atoms with van der Waals surface area (Å²) in [7, 11) is 0. The molecule has 0 spiro atoms. The van der Waals surface area contributed by atoms with Gasteiger partial charge in [-0.25, -0.2) is 0 Å². The fourth-order valence-electron chi connectivity index (χ4n) is 3.10. The molecule has 0 aliphatic carbocycles. The van der Waals surface area contributed by atoms with Crippen molar-refractivity contribution in [2.75, 3.05) is 20.0 Å². The van der Waals surface area contributed by atoms with E-state index in [1.807, 2.05) is 0 Å². The molecule has 7 heteroatoms. The number of terminal acetylenes is 1. The van der Waals surface area contributed by atoms with Crippen LogP contribution in [0.15, 0.2) is 0 Å². The van der Waals surface area contributed by atoms with Gasteiger partial charge in [-0.1, -0.05) is 77.6 Å². The molecule has 0 saturated heterocycles. The molecule has 0 aromatic heterocycles. The van der Waals surface area contributed by atoms with Gasteiger partial charge in [-0.15, -0.1) is 6.42 Å². The van der Waals surface area contributed by atoms with Crippen molar-refractivity contribution in [1.82, 2.24) is 0 Å². The van der Waals surface area contributed by atoms with Gasteiger partial charge in [-0.3, -0.25) is 9.59 Å². The van der Waals surface area contributed by atoms with Gasteiger partial charge in [0.1, 0.15) is 12.9 Å². The minimum atomic E-state index is -0.679. The molecule has 1 atom stereocenters. The molecular weight excluding hydrogens is 548 g/mol. The Morgan fingerprint density at radius 1 is 0.738 bits per heavy atom. The maximum atomic E-state index is 11.6. The van der Waals surface area contributed by atoms with E-state index < -0.39 is 12.9 Å². The quantitative estimate of drug-likeness (QED) is 0.0715. The van der Waals surface area contributed by atoms with Crippen LogP contribution < -0.4 is 0 Å². The second-order valence-corrected chi connectivity index (χ2v) is 9.63. The summed E-state index contributed by atoms with van der Waals surface area (Å²) < 4.78 is 9.80. The molecule has 246 valence electrons. The Morgan fingerprint density at radius 3 is 1.62 bits per heavy atom. The summed E-state index contributed by atoms with van der Waals surface area (Å²) in [5.74, 6) is 28.6. The molecule has 0 radical (unpaired) electrons. The van der Waals surface area contributed by atoms with Gasteiger partial charge in [-0.2, -0.15) is 0 Å². The fourth-order valence-corrected chi connectivity index (χ4v) is 3.35. The lowest BCUT2D eigenvalue weighted by Crippen LogP contribution is -2.27. The lowest BCUT2D eigenvalue weighted by Gasteiger charge is -2.14. The summed E-state index contributed by atoms with van der Waals surface area (Å²) in [5.41, 5.74) is 0. The number of thioether (sulfide) groups is 1. The maximum absolute atomic E-state index is 11.6. The number of ether oxygens (including phenoxy) is 2. The van der Waals surface area contributed by atoms with Crippen molar-refractivity contribution in [2.24, 2.45) is 0 Å². The van der Waals surface area contributed by atoms with Crippen molar-refractivity contribution in [3.63, 3.8) is 0 Å². The number of rotatable bonds is 18. The van der Waals surface area contributed by atoms with Crippen molar-refractivity contribution in [1.29, 1.82) is 0 Å². The van der Waals surface area contributed by atoms with Crippen LogP contribution in [0.5, 0.6) is 0 Å². The highest BCUT2D eigenvalue weighted by Gasteiger charge is 2.13. The monoisotopic (exact) mass is 612 g/mol. The van der Waals surface area contributed by atoms with Gasteiger partial charge >= 0.3 is 5.97 Å². The van der Waals surface area contributed by atoms with E-state index in [-0.39, 0.29) is 40.0 Å². The van der Waals surface area contributed by atoms with Crippen molar-refractivity contribution in [3.05, 3.63) is 0 Å². The molecule has 0 fully saturated rings. The number of carbonyl (C=O) groups excluding carboxylic acids is 2. The average Bonchev–Trinajstić information content (AvgIpc) is 2.98. The maximum Gasteiger partial charge on any atom is 0.306 e. The third-order valence-corrected chi connectivity index (χ3v) is 5.57. The van der Waals surface area contributed by atoms with Crippen molar-refractivity contribution >= 4 is 22.8 Å². The molecule has 42 heavy (non-hydrogen) atoms. The van der Waals surface area contributed by atoms with E-state index in [1.165, 1.54) is 71.1 Å². The Balaban J connectivity index is -0.0000000465. The number of aliphatic hydroxyl groups excluding tert-OH is 2. The normalized spacial score (nSPS) is 9.12. The standard InChI is InChI=1S/C19H38O5.C16H4OS.11H2/c1-2-3-4-5-6-7-8-9-10-11-12-13-14-19(22)24-18(15-20)16-23-17-21;1-3-4-5-6-7-8-9-10-11-12-13-14-15-18-16(2)17;;;;;;;;;;;/h18,20-21H,2-17H2,1H3;1H,2H3;11*1H/t18-;;;;;;;;;;;;/m1............/s1. The number of unbranched alkanes of at least 4 members (excludes halogenated alkanes) is 11.